The van der Waals surface area contributed by atoms with Gasteiger partial charge in [-0.1, -0.05) is 19.3 Å². The van der Waals surface area contributed by atoms with E-state index in [9.17, 15) is 4.79 Å². The maximum atomic E-state index is 11.0. The molecule has 0 heterocycles. The summed E-state index contributed by atoms with van der Waals surface area (Å²) in [6.45, 7) is 4.73. The summed E-state index contributed by atoms with van der Waals surface area (Å²) in [5.74, 6) is -0.138. The third-order valence-electron chi connectivity index (χ3n) is 4.23. The zero-order chi connectivity index (χ0) is 13.8. The molecule has 1 saturated carbocycles. The molecule has 1 aliphatic carbocycles. The summed E-state index contributed by atoms with van der Waals surface area (Å²) in [6.07, 6.45) is 7.18. The van der Waals surface area contributed by atoms with Crippen LogP contribution < -0.4 is 5.73 Å². The van der Waals surface area contributed by atoms with Gasteiger partial charge in [0, 0.05) is 12.6 Å². The molecule has 0 aromatic heterocycles. The molecule has 0 saturated heterocycles. The lowest BCUT2D eigenvalue weighted by atomic mass is 9.88. The molecule has 0 radical (unpaired) electrons. The van der Waals surface area contributed by atoms with Crippen molar-refractivity contribution in [2.24, 2.45) is 11.7 Å². The highest BCUT2D eigenvalue weighted by Crippen LogP contribution is 2.25. The fourth-order valence-corrected chi connectivity index (χ4v) is 2.81. The minimum absolute atomic E-state index is 0.207. The van der Waals surface area contributed by atoms with E-state index in [2.05, 4.69) is 18.9 Å². The minimum Gasteiger partial charge on any atom is -0.480 e. The lowest BCUT2D eigenvalue weighted by molar-refractivity contribution is -0.143. The second-order valence-corrected chi connectivity index (χ2v) is 6.22. The Labute approximate surface area is 111 Å². The number of nitrogens with two attached hydrogens (primary N) is 1. The van der Waals surface area contributed by atoms with Crippen LogP contribution in [0.25, 0.3) is 0 Å². The molecule has 1 rings (SSSR count). The van der Waals surface area contributed by atoms with Gasteiger partial charge in [0.15, 0.2) is 0 Å². The Hall–Kier alpha value is -0.610. The van der Waals surface area contributed by atoms with Crippen LogP contribution in [-0.4, -0.2) is 41.1 Å². The average Bonchev–Trinajstić information content (AvgIpc) is 2.29. The summed E-state index contributed by atoms with van der Waals surface area (Å²) in [5, 5.41) is 9.05. The van der Waals surface area contributed by atoms with E-state index in [0.29, 0.717) is 6.42 Å². The van der Waals surface area contributed by atoms with Gasteiger partial charge < -0.3 is 15.7 Å². The van der Waals surface area contributed by atoms with Gasteiger partial charge in [-0.25, -0.2) is 0 Å². The van der Waals surface area contributed by atoms with Crippen LogP contribution in [0, 0.1) is 5.92 Å². The number of hydrogen-bond acceptors (Lipinski definition) is 3. The van der Waals surface area contributed by atoms with Crippen LogP contribution in [-0.2, 0) is 4.79 Å². The van der Waals surface area contributed by atoms with E-state index in [1.165, 1.54) is 32.1 Å². The highest BCUT2D eigenvalue weighted by molar-refractivity contribution is 5.77. The quantitative estimate of drug-likeness (QED) is 0.763. The van der Waals surface area contributed by atoms with E-state index in [1.807, 2.05) is 0 Å². The fourth-order valence-electron chi connectivity index (χ4n) is 2.81. The topological polar surface area (TPSA) is 66.6 Å². The van der Waals surface area contributed by atoms with Gasteiger partial charge in [0.05, 0.1) is 0 Å². The van der Waals surface area contributed by atoms with E-state index in [4.69, 9.17) is 10.8 Å². The Morgan fingerprint density at radius 3 is 2.50 bits per heavy atom. The van der Waals surface area contributed by atoms with Gasteiger partial charge in [-0.15, -0.1) is 0 Å². The number of carbonyl (C=O) groups is 1. The van der Waals surface area contributed by atoms with Crippen LogP contribution in [0.5, 0.6) is 0 Å². The summed E-state index contributed by atoms with van der Waals surface area (Å²) in [7, 11) is 2.08. The maximum absolute atomic E-state index is 11.0. The molecular formula is C14H28N2O2. The maximum Gasteiger partial charge on any atom is 0.323 e. The second-order valence-electron chi connectivity index (χ2n) is 6.22. The van der Waals surface area contributed by atoms with E-state index >= 15 is 0 Å². The van der Waals surface area contributed by atoms with Gasteiger partial charge in [0.2, 0.25) is 0 Å². The Balaban J connectivity index is 2.40. The molecule has 1 fully saturated rings. The second kappa shape index (κ2) is 6.53. The highest BCUT2D eigenvalue weighted by Gasteiger charge is 2.31. The first-order valence-electron chi connectivity index (χ1n) is 7.05. The predicted molar refractivity (Wildman–Crippen MR) is 73.5 cm³/mol. The molecule has 0 bridgehead atoms. The van der Waals surface area contributed by atoms with Crippen molar-refractivity contribution in [1.82, 2.24) is 4.90 Å². The Morgan fingerprint density at radius 2 is 2.00 bits per heavy atom. The van der Waals surface area contributed by atoms with Gasteiger partial charge in [-0.05, 0) is 46.1 Å². The van der Waals surface area contributed by atoms with Crippen LogP contribution in [0.4, 0.5) is 0 Å². The number of rotatable bonds is 6. The van der Waals surface area contributed by atoms with Crippen molar-refractivity contribution in [1.29, 1.82) is 0 Å². The molecule has 0 amide bonds. The third-order valence-corrected chi connectivity index (χ3v) is 4.23. The molecule has 1 aliphatic rings. The number of aliphatic carboxylic acids is 1. The number of carboxylic acid groups (broad SMARTS) is 1. The Bertz CT molecular complexity index is 273. The average molecular weight is 256 g/mol. The van der Waals surface area contributed by atoms with Crippen LogP contribution in [0.15, 0.2) is 0 Å². The Kier molecular flexibility index (Phi) is 5.60. The molecule has 0 aromatic rings. The third kappa shape index (κ3) is 4.58. The molecule has 0 spiro atoms. The molecule has 4 nitrogen and oxygen atoms in total. The van der Waals surface area contributed by atoms with Crippen LogP contribution in [0.2, 0.25) is 0 Å². The number of hydrogen-bond donors (Lipinski definition) is 2. The summed E-state index contributed by atoms with van der Waals surface area (Å²) in [5.41, 5.74) is 4.68. The van der Waals surface area contributed by atoms with E-state index in [1.54, 1.807) is 6.92 Å². The monoisotopic (exact) mass is 256 g/mol. The first kappa shape index (κ1) is 15.4. The van der Waals surface area contributed by atoms with Crippen molar-refractivity contribution in [2.75, 3.05) is 13.6 Å². The van der Waals surface area contributed by atoms with Gasteiger partial charge in [0.1, 0.15) is 5.54 Å². The summed E-state index contributed by atoms with van der Waals surface area (Å²) in [6, 6.07) is 0.207. The molecule has 4 heteroatoms. The summed E-state index contributed by atoms with van der Waals surface area (Å²) < 4.78 is 0. The number of nitrogens with zero attached hydrogens (tertiary/aromatic N) is 1. The van der Waals surface area contributed by atoms with Gasteiger partial charge in [-0.2, -0.15) is 0 Å². The fraction of sp³-hybridized carbons (Fsp3) is 0.929. The van der Waals surface area contributed by atoms with Crippen molar-refractivity contribution < 1.29 is 9.90 Å². The van der Waals surface area contributed by atoms with Gasteiger partial charge >= 0.3 is 5.97 Å². The smallest absolute Gasteiger partial charge is 0.323 e. The molecule has 18 heavy (non-hydrogen) atoms. The van der Waals surface area contributed by atoms with Crippen LogP contribution in [0.1, 0.15) is 52.4 Å². The van der Waals surface area contributed by atoms with Crippen molar-refractivity contribution in [3.05, 3.63) is 0 Å². The molecule has 2 unspecified atom stereocenters. The largest absolute Gasteiger partial charge is 0.480 e. The molecular weight excluding hydrogens is 228 g/mol. The van der Waals surface area contributed by atoms with Crippen molar-refractivity contribution in [3.63, 3.8) is 0 Å². The van der Waals surface area contributed by atoms with Crippen molar-refractivity contribution >= 4 is 5.97 Å². The first-order chi connectivity index (χ1) is 8.33. The molecule has 2 atom stereocenters. The molecule has 3 N–H and O–H groups in total. The first-order valence-corrected chi connectivity index (χ1v) is 7.05. The Morgan fingerprint density at radius 1 is 1.44 bits per heavy atom. The predicted octanol–water partition coefficient (Wildman–Crippen LogP) is 2.08. The van der Waals surface area contributed by atoms with Gasteiger partial charge in [0.25, 0.3) is 0 Å². The highest BCUT2D eigenvalue weighted by atomic mass is 16.4. The van der Waals surface area contributed by atoms with E-state index in [-0.39, 0.29) is 6.04 Å². The minimum atomic E-state index is -1.12. The zero-order valence-corrected chi connectivity index (χ0v) is 12.0. The molecule has 106 valence electrons. The van der Waals surface area contributed by atoms with Crippen molar-refractivity contribution in [2.45, 2.75) is 64.0 Å². The van der Waals surface area contributed by atoms with Crippen LogP contribution >= 0.6 is 0 Å². The zero-order valence-electron chi connectivity index (χ0n) is 12.0. The number of carboxylic acids is 1. The summed E-state index contributed by atoms with van der Waals surface area (Å²) >= 11 is 0. The molecule has 0 aliphatic heterocycles. The SMILES string of the molecule is CC(CC(C)(N)C(=O)O)N(C)CC1CCCCC1. The summed E-state index contributed by atoms with van der Waals surface area (Å²) in [4.78, 5) is 13.3. The van der Waals surface area contributed by atoms with E-state index < -0.39 is 11.5 Å². The van der Waals surface area contributed by atoms with E-state index in [0.717, 1.165) is 12.5 Å². The normalized spacial score (nSPS) is 22.7. The standard InChI is InChI=1S/C14H28N2O2/c1-11(9-14(2,15)13(17)18)16(3)10-12-7-5-4-6-8-12/h11-12H,4-10,15H2,1-3H3,(H,17,18). The lowest BCUT2D eigenvalue weighted by Gasteiger charge is -2.33. The van der Waals surface area contributed by atoms with Crippen molar-refractivity contribution in [3.8, 4) is 0 Å². The molecule has 0 aromatic carbocycles. The van der Waals surface area contributed by atoms with Gasteiger partial charge in [-0.3, -0.25) is 4.79 Å². The van der Waals surface area contributed by atoms with Crippen LogP contribution in [0.3, 0.4) is 0 Å². The lowest BCUT2D eigenvalue weighted by Crippen LogP contribution is -2.50.